The molecule has 1 aliphatic heterocycles. The maximum Gasteiger partial charge on any atom is 0.144 e. The minimum Gasteiger partial charge on any atom is -0.382 e. The molecule has 0 spiro atoms. The number of hydrogen-bond donors (Lipinski definition) is 2. The molecular weight excluding hydrogens is 202 g/mol. The molecular formula is C11H19N5. The molecule has 0 radical (unpaired) electrons. The van der Waals surface area contributed by atoms with Crippen molar-refractivity contribution in [2.45, 2.75) is 31.8 Å². The van der Waals surface area contributed by atoms with Crippen molar-refractivity contribution >= 4 is 11.6 Å². The molecule has 5 heteroatoms. The molecule has 3 N–H and O–H groups in total. The van der Waals surface area contributed by atoms with Crippen LogP contribution < -0.4 is 11.1 Å². The van der Waals surface area contributed by atoms with Gasteiger partial charge in [0, 0.05) is 18.6 Å². The van der Waals surface area contributed by atoms with Gasteiger partial charge in [0.2, 0.25) is 0 Å². The van der Waals surface area contributed by atoms with Crippen LogP contribution in [0.25, 0.3) is 0 Å². The summed E-state index contributed by atoms with van der Waals surface area (Å²) in [4.78, 5) is 10.6. The van der Waals surface area contributed by atoms with Gasteiger partial charge < -0.3 is 16.0 Å². The standard InChI is InChI=1S/C11H19N5/c1-8-5-9(3-4-16(8)2)15-11-7-13-10(12)6-14-11/h6-9H,3-5H2,1-2H3,(H2,12,13)(H,14,15). The molecule has 16 heavy (non-hydrogen) atoms. The lowest BCUT2D eigenvalue weighted by Crippen LogP contribution is -2.42. The first-order valence-corrected chi connectivity index (χ1v) is 5.69. The van der Waals surface area contributed by atoms with Gasteiger partial charge in [-0.25, -0.2) is 9.97 Å². The van der Waals surface area contributed by atoms with Crippen molar-refractivity contribution in [2.24, 2.45) is 0 Å². The second-order valence-electron chi connectivity index (χ2n) is 4.52. The van der Waals surface area contributed by atoms with Crippen molar-refractivity contribution in [3.63, 3.8) is 0 Å². The summed E-state index contributed by atoms with van der Waals surface area (Å²) in [7, 11) is 2.17. The van der Waals surface area contributed by atoms with E-state index >= 15 is 0 Å². The molecule has 1 aromatic rings. The highest BCUT2D eigenvalue weighted by Gasteiger charge is 2.22. The van der Waals surface area contributed by atoms with Crippen LogP contribution in [0.15, 0.2) is 12.4 Å². The van der Waals surface area contributed by atoms with Crippen molar-refractivity contribution in [1.29, 1.82) is 0 Å². The first-order valence-electron chi connectivity index (χ1n) is 5.69. The van der Waals surface area contributed by atoms with E-state index in [0.29, 0.717) is 17.9 Å². The molecule has 0 bridgehead atoms. The molecule has 2 atom stereocenters. The largest absolute Gasteiger partial charge is 0.382 e. The van der Waals surface area contributed by atoms with Gasteiger partial charge in [-0.05, 0) is 26.8 Å². The van der Waals surface area contributed by atoms with Crippen molar-refractivity contribution in [3.8, 4) is 0 Å². The Balaban J connectivity index is 1.93. The van der Waals surface area contributed by atoms with Crippen LogP contribution in [0.5, 0.6) is 0 Å². The van der Waals surface area contributed by atoms with Crippen LogP contribution in [0.1, 0.15) is 19.8 Å². The molecule has 1 aliphatic rings. The molecule has 1 saturated heterocycles. The molecule has 88 valence electrons. The van der Waals surface area contributed by atoms with Gasteiger partial charge in [0.15, 0.2) is 0 Å². The predicted molar refractivity (Wildman–Crippen MR) is 65.2 cm³/mol. The zero-order valence-electron chi connectivity index (χ0n) is 9.85. The van der Waals surface area contributed by atoms with Gasteiger partial charge in [-0.2, -0.15) is 0 Å². The number of nitrogens with zero attached hydrogens (tertiary/aromatic N) is 3. The van der Waals surface area contributed by atoms with Crippen LogP contribution in [-0.2, 0) is 0 Å². The number of nitrogen functional groups attached to an aromatic ring is 1. The Morgan fingerprint density at radius 3 is 2.88 bits per heavy atom. The smallest absolute Gasteiger partial charge is 0.144 e. The van der Waals surface area contributed by atoms with Crippen LogP contribution in [0.4, 0.5) is 11.6 Å². The van der Waals surface area contributed by atoms with E-state index in [1.807, 2.05) is 0 Å². The third kappa shape index (κ3) is 2.61. The van der Waals surface area contributed by atoms with E-state index in [9.17, 15) is 0 Å². The Labute approximate surface area is 96.1 Å². The van der Waals surface area contributed by atoms with Crippen molar-refractivity contribution in [3.05, 3.63) is 12.4 Å². The molecule has 2 unspecified atom stereocenters. The lowest BCUT2D eigenvalue weighted by molar-refractivity contribution is 0.190. The molecule has 0 saturated carbocycles. The number of aromatic nitrogens is 2. The van der Waals surface area contributed by atoms with E-state index in [1.165, 1.54) is 0 Å². The predicted octanol–water partition coefficient (Wildman–Crippen LogP) is 0.953. The second-order valence-corrected chi connectivity index (χ2v) is 4.52. The van der Waals surface area contributed by atoms with Crippen LogP contribution >= 0.6 is 0 Å². The summed E-state index contributed by atoms with van der Waals surface area (Å²) in [5.41, 5.74) is 5.49. The van der Waals surface area contributed by atoms with Crippen LogP contribution in [0.3, 0.4) is 0 Å². The molecule has 0 amide bonds. The van der Waals surface area contributed by atoms with Gasteiger partial charge in [-0.15, -0.1) is 0 Å². The van der Waals surface area contributed by atoms with Gasteiger partial charge in [-0.1, -0.05) is 0 Å². The third-order valence-corrected chi connectivity index (χ3v) is 3.23. The number of likely N-dealkylation sites (tertiary alicyclic amines) is 1. The Hall–Kier alpha value is -1.36. The second kappa shape index (κ2) is 4.65. The molecule has 5 nitrogen and oxygen atoms in total. The SMILES string of the molecule is CC1CC(Nc2cnc(N)cn2)CCN1C. The number of rotatable bonds is 2. The summed E-state index contributed by atoms with van der Waals surface area (Å²) in [6, 6.07) is 1.11. The summed E-state index contributed by atoms with van der Waals surface area (Å²) in [5, 5.41) is 3.40. The summed E-state index contributed by atoms with van der Waals surface area (Å²) < 4.78 is 0. The summed E-state index contributed by atoms with van der Waals surface area (Å²) >= 11 is 0. The number of nitrogens with two attached hydrogens (primary N) is 1. The monoisotopic (exact) mass is 221 g/mol. The first-order chi connectivity index (χ1) is 7.65. The van der Waals surface area contributed by atoms with Gasteiger partial charge in [-0.3, -0.25) is 0 Å². The van der Waals surface area contributed by atoms with E-state index in [1.54, 1.807) is 12.4 Å². The van der Waals surface area contributed by atoms with Crippen LogP contribution in [0.2, 0.25) is 0 Å². The molecule has 2 rings (SSSR count). The summed E-state index contributed by atoms with van der Waals surface area (Å²) in [6.07, 6.45) is 5.56. The number of piperidine rings is 1. The van der Waals surface area contributed by atoms with Crippen LogP contribution in [-0.4, -0.2) is 40.5 Å². The topological polar surface area (TPSA) is 67.1 Å². The van der Waals surface area contributed by atoms with E-state index in [2.05, 4.69) is 34.2 Å². The highest BCUT2D eigenvalue weighted by molar-refractivity contribution is 5.37. The normalized spacial score (nSPS) is 26.6. The molecule has 0 aromatic carbocycles. The average molecular weight is 221 g/mol. The minimum atomic E-state index is 0.460. The molecule has 1 aromatic heterocycles. The average Bonchev–Trinajstić information content (AvgIpc) is 2.27. The Kier molecular flexibility index (Phi) is 3.24. The zero-order chi connectivity index (χ0) is 11.5. The van der Waals surface area contributed by atoms with Crippen molar-refractivity contribution in [2.75, 3.05) is 24.6 Å². The first kappa shape index (κ1) is 11.1. The molecule has 2 heterocycles. The Bertz CT molecular complexity index is 337. The molecule has 0 aliphatic carbocycles. The van der Waals surface area contributed by atoms with Gasteiger partial charge in [0.05, 0.1) is 12.4 Å². The Morgan fingerprint density at radius 1 is 1.44 bits per heavy atom. The highest BCUT2D eigenvalue weighted by atomic mass is 15.2. The number of hydrogen-bond acceptors (Lipinski definition) is 5. The third-order valence-electron chi connectivity index (χ3n) is 3.23. The maximum atomic E-state index is 5.49. The van der Waals surface area contributed by atoms with Crippen LogP contribution in [0, 0.1) is 0 Å². The Morgan fingerprint density at radius 2 is 2.25 bits per heavy atom. The lowest BCUT2D eigenvalue weighted by atomic mass is 9.99. The number of anilines is 2. The van der Waals surface area contributed by atoms with Gasteiger partial charge in [0.1, 0.15) is 11.6 Å². The van der Waals surface area contributed by atoms with E-state index in [0.717, 1.165) is 25.2 Å². The molecule has 1 fully saturated rings. The van der Waals surface area contributed by atoms with Crippen molar-refractivity contribution in [1.82, 2.24) is 14.9 Å². The lowest BCUT2D eigenvalue weighted by Gasteiger charge is -2.35. The minimum absolute atomic E-state index is 0.460. The fourth-order valence-electron chi connectivity index (χ4n) is 2.04. The van der Waals surface area contributed by atoms with Crippen molar-refractivity contribution < 1.29 is 0 Å². The van der Waals surface area contributed by atoms with E-state index in [-0.39, 0.29) is 0 Å². The fourth-order valence-corrected chi connectivity index (χ4v) is 2.04. The van der Waals surface area contributed by atoms with Gasteiger partial charge in [0.25, 0.3) is 0 Å². The maximum absolute atomic E-state index is 5.49. The zero-order valence-corrected chi connectivity index (χ0v) is 9.85. The summed E-state index contributed by atoms with van der Waals surface area (Å²) in [5.74, 6) is 1.28. The fraction of sp³-hybridized carbons (Fsp3) is 0.636. The highest BCUT2D eigenvalue weighted by Crippen LogP contribution is 2.18. The summed E-state index contributed by atoms with van der Waals surface area (Å²) in [6.45, 7) is 3.38. The number of nitrogens with one attached hydrogen (secondary N) is 1. The van der Waals surface area contributed by atoms with E-state index < -0.39 is 0 Å². The van der Waals surface area contributed by atoms with E-state index in [4.69, 9.17) is 5.73 Å². The van der Waals surface area contributed by atoms with Gasteiger partial charge >= 0.3 is 0 Å². The quantitative estimate of drug-likeness (QED) is 0.778.